The maximum atomic E-state index is 13.1. The highest BCUT2D eigenvalue weighted by molar-refractivity contribution is 6.00. The van der Waals surface area contributed by atoms with Gasteiger partial charge < -0.3 is 25.2 Å². The van der Waals surface area contributed by atoms with Gasteiger partial charge in [-0.05, 0) is 31.0 Å². The number of fused-ring (bicyclic) bond motifs is 1. The second-order valence-electron chi connectivity index (χ2n) is 6.03. The van der Waals surface area contributed by atoms with E-state index in [-0.39, 0.29) is 28.7 Å². The van der Waals surface area contributed by atoms with Gasteiger partial charge in [0, 0.05) is 37.5 Å². The Morgan fingerprint density at radius 1 is 1.28 bits per heavy atom. The number of hydrogen-bond acceptors (Lipinski definition) is 5. The number of nitrogens with one attached hydrogen (secondary N) is 1. The molecule has 1 aliphatic rings. The van der Waals surface area contributed by atoms with Crippen LogP contribution in [0.1, 0.15) is 34.0 Å². The molecule has 1 amide bonds. The van der Waals surface area contributed by atoms with Crippen molar-refractivity contribution in [1.29, 1.82) is 0 Å². The lowest BCUT2D eigenvalue weighted by molar-refractivity contribution is 0.0743. The van der Waals surface area contributed by atoms with Gasteiger partial charge in [-0.15, -0.1) is 0 Å². The Bertz CT molecular complexity index is 833. The second-order valence-corrected chi connectivity index (χ2v) is 6.03. The number of phenols is 2. The topological polar surface area (TPSA) is 82.0 Å². The van der Waals surface area contributed by atoms with Gasteiger partial charge in [0.15, 0.2) is 0 Å². The van der Waals surface area contributed by atoms with Crippen LogP contribution >= 0.6 is 0 Å². The maximum Gasteiger partial charge on any atom is 0.262 e. The number of nitrogens with zero attached hydrogens (tertiary/aromatic N) is 1. The summed E-state index contributed by atoms with van der Waals surface area (Å²) in [4.78, 5) is 14.7. The average Bonchev–Trinajstić information content (AvgIpc) is 3.03. The molecule has 0 aromatic heterocycles. The first-order chi connectivity index (χ1) is 12.0. The van der Waals surface area contributed by atoms with Crippen molar-refractivity contribution < 1.29 is 19.7 Å². The van der Waals surface area contributed by atoms with Crippen molar-refractivity contribution >= 4 is 11.6 Å². The molecule has 0 unspecified atom stereocenters. The molecule has 3 N–H and O–H groups in total. The van der Waals surface area contributed by atoms with E-state index in [4.69, 9.17) is 4.74 Å². The van der Waals surface area contributed by atoms with Gasteiger partial charge in [-0.1, -0.05) is 12.1 Å². The van der Waals surface area contributed by atoms with Gasteiger partial charge in [0.05, 0.1) is 6.61 Å². The fourth-order valence-electron chi connectivity index (χ4n) is 3.22. The summed E-state index contributed by atoms with van der Waals surface area (Å²) in [7, 11) is 1.85. The minimum absolute atomic E-state index is 0.0935. The lowest BCUT2D eigenvalue weighted by Gasteiger charge is -2.20. The third-order valence-electron chi connectivity index (χ3n) is 4.52. The summed E-state index contributed by atoms with van der Waals surface area (Å²) < 4.78 is 5.55. The van der Waals surface area contributed by atoms with Crippen molar-refractivity contribution in [3.8, 4) is 17.2 Å². The maximum absolute atomic E-state index is 13.1. The molecule has 0 bridgehead atoms. The van der Waals surface area contributed by atoms with Gasteiger partial charge in [0.1, 0.15) is 22.8 Å². The zero-order valence-corrected chi connectivity index (χ0v) is 14.6. The smallest absolute Gasteiger partial charge is 0.262 e. The van der Waals surface area contributed by atoms with E-state index in [9.17, 15) is 15.0 Å². The number of aromatic hydroxyl groups is 2. The molecule has 0 spiro atoms. The molecule has 1 aliphatic heterocycles. The van der Waals surface area contributed by atoms with Crippen LogP contribution in [0.4, 0.5) is 5.69 Å². The summed E-state index contributed by atoms with van der Waals surface area (Å²) in [5.74, 6) is -0.460. The van der Waals surface area contributed by atoms with E-state index in [1.54, 1.807) is 18.7 Å². The number of amides is 1. The third-order valence-corrected chi connectivity index (χ3v) is 4.52. The number of benzene rings is 2. The molecule has 0 fully saturated rings. The van der Waals surface area contributed by atoms with Crippen molar-refractivity contribution in [1.82, 2.24) is 4.90 Å². The van der Waals surface area contributed by atoms with Gasteiger partial charge in [0.25, 0.3) is 5.91 Å². The standard InChI is InChI=1S/C19H22N2O4/c1-4-25-18-11(2)15(22)8-16(23)17(18)19(24)21-9-12-6-5-7-14(20-3)13(12)10-21/h5-8,20,22-23H,4,9-10H2,1-3H3. The highest BCUT2D eigenvalue weighted by atomic mass is 16.5. The van der Waals surface area contributed by atoms with Crippen LogP contribution in [0.3, 0.4) is 0 Å². The summed E-state index contributed by atoms with van der Waals surface area (Å²) in [5.41, 5.74) is 3.68. The Morgan fingerprint density at radius 2 is 2.04 bits per heavy atom. The summed E-state index contributed by atoms with van der Waals surface area (Å²) in [6.45, 7) is 4.70. The van der Waals surface area contributed by atoms with Crippen LogP contribution in [0.5, 0.6) is 17.2 Å². The molecular weight excluding hydrogens is 320 g/mol. The normalized spacial score (nSPS) is 12.8. The van der Waals surface area contributed by atoms with Crippen LogP contribution in [-0.2, 0) is 13.1 Å². The molecule has 6 heteroatoms. The Morgan fingerprint density at radius 3 is 2.72 bits per heavy atom. The van der Waals surface area contributed by atoms with E-state index in [1.165, 1.54) is 6.07 Å². The van der Waals surface area contributed by atoms with E-state index >= 15 is 0 Å². The van der Waals surface area contributed by atoms with E-state index in [0.717, 1.165) is 16.8 Å². The van der Waals surface area contributed by atoms with Crippen LogP contribution in [0.15, 0.2) is 24.3 Å². The molecule has 0 saturated carbocycles. The molecule has 2 aromatic rings. The van der Waals surface area contributed by atoms with Crippen LogP contribution in [0.2, 0.25) is 0 Å². The fraction of sp³-hybridized carbons (Fsp3) is 0.316. The highest BCUT2D eigenvalue weighted by Gasteiger charge is 2.31. The van der Waals surface area contributed by atoms with Gasteiger partial charge in [-0.2, -0.15) is 0 Å². The first kappa shape index (κ1) is 17.0. The Hall–Kier alpha value is -2.89. The Labute approximate surface area is 146 Å². The van der Waals surface area contributed by atoms with Crippen LogP contribution in [0.25, 0.3) is 0 Å². The monoisotopic (exact) mass is 342 g/mol. The Kier molecular flexibility index (Phi) is 4.44. The number of ether oxygens (including phenoxy) is 1. The van der Waals surface area contributed by atoms with E-state index in [2.05, 4.69) is 5.32 Å². The highest BCUT2D eigenvalue weighted by Crippen LogP contribution is 2.40. The molecular formula is C19H22N2O4. The average molecular weight is 342 g/mol. The lowest BCUT2D eigenvalue weighted by atomic mass is 10.1. The fourth-order valence-corrected chi connectivity index (χ4v) is 3.22. The van der Waals surface area contributed by atoms with Crippen molar-refractivity contribution in [3.05, 3.63) is 46.5 Å². The molecule has 3 rings (SSSR count). The Balaban J connectivity index is 1.99. The van der Waals surface area contributed by atoms with Crippen molar-refractivity contribution in [2.75, 3.05) is 19.0 Å². The predicted octanol–water partition coefficient (Wildman–Crippen LogP) is 3.00. The van der Waals surface area contributed by atoms with Gasteiger partial charge in [-0.25, -0.2) is 0 Å². The molecule has 0 aliphatic carbocycles. The van der Waals surface area contributed by atoms with Crippen molar-refractivity contribution in [2.24, 2.45) is 0 Å². The molecule has 25 heavy (non-hydrogen) atoms. The number of carbonyl (C=O) groups is 1. The summed E-state index contributed by atoms with van der Waals surface area (Å²) in [6, 6.07) is 7.11. The molecule has 1 heterocycles. The van der Waals surface area contributed by atoms with Gasteiger partial charge in [0.2, 0.25) is 0 Å². The number of phenolic OH excluding ortho intramolecular Hbond substituents is 2. The summed E-state index contributed by atoms with van der Waals surface area (Å²) >= 11 is 0. The minimum atomic E-state index is -0.317. The molecule has 0 atom stereocenters. The zero-order valence-electron chi connectivity index (χ0n) is 14.6. The predicted molar refractivity (Wildman–Crippen MR) is 95.2 cm³/mol. The van der Waals surface area contributed by atoms with Crippen LogP contribution in [0, 0.1) is 6.92 Å². The van der Waals surface area contributed by atoms with Gasteiger partial charge >= 0.3 is 0 Å². The SMILES string of the molecule is CCOc1c(C)c(O)cc(O)c1C(=O)N1Cc2cccc(NC)c2C1. The first-order valence-corrected chi connectivity index (χ1v) is 8.24. The molecule has 132 valence electrons. The molecule has 0 radical (unpaired) electrons. The van der Waals surface area contributed by atoms with Crippen LogP contribution < -0.4 is 10.1 Å². The second kappa shape index (κ2) is 6.55. The number of hydrogen-bond donors (Lipinski definition) is 3. The minimum Gasteiger partial charge on any atom is -0.507 e. The van der Waals surface area contributed by atoms with Crippen molar-refractivity contribution in [3.63, 3.8) is 0 Å². The first-order valence-electron chi connectivity index (χ1n) is 8.24. The third kappa shape index (κ3) is 2.84. The van der Waals surface area contributed by atoms with E-state index < -0.39 is 0 Å². The molecule has 6 nitrogen and oxygen atoms in total. The summed E-state index contributed by atoms with van der Waals surface area (Å²) in [6.07, 6.45) is 0. The lowest BCUT2D eigenvalue weighted by Crippen LogP contribution is -2.26. The number of carbonyl (C=O) groups excluding carboxylic acids is 1. The number of anilines is 1. The van der Waals surface area contributed by atoms with E-state index in [0.29, 0.717) is 25.3 Å². The largest absolute Gasteiger partial charge is 0.507 e. The van der Waals surface area contributed by atoms with E-state index in [1.807, 2.05) is 25.2 Å². The van der Waals surface area contributed by atoms with Crippen LogP contribution in [-0.4, -0.2) is 34.7 Å². The number of rotatable bonds is 4. The van der Waals surface area contributed by atoms with Crippen molar-refractivity contribution in [2.45, 2.75) is 26.9 Å². The quantitative estimate of drug-likeness (QED) is 0.796. The van der Waals surface area contributed by atoms with Gasteiger partial charge in [-0.3, -0.25) is 4.79 Å². The summed E-state index contributed by atoms with van der Waals surface area (Å²) in [5, 5.41) is 23.3. The molecule has 2 aromatic carbocycles. The zero-order chi connectivity index (χ0) is 18.1. The molecule has 0 saturated heterocycles.